The smallest absolute Gasteiger partial charge is 0.247 e. The van der Waals surface area contributed by atoms with Crippen molar-refractivity contribution < 1.29 is 9.18 Å². The molecule has 0 radical (unpaired) electrons. The Kier molecular flexibility index (Phi) is 5.39. The van der Waals surface area contributed by atoms with Crippen molar-refractivity contribution in [2.45, 2.75) is 0 Å². The van der Waals surface area contributed by atoms with E-state index in [-0.39, 0.29) is 5.69 Å². The summed E-state index contributed by atoms with van der Waals surface area (Å²) in [4.78, 5) is 20.4. The number of benzene rings is 1. The van der Waals surface area contributed by atoms with Gasteiger partial charge in [-0.1, -0.05) is 6.58 Å². The Labute approximate surface area is 176 Å². The van der Waals surface area contributed by atoms with Crippen LogP contribution in [0.4, 0.5) is 33.2 Å². The summed E-state index contributed by atoms with van der Waals surface area (Å²) in [7, 11) is 1.79. The van der Waals surface area contributed by atoms with Gasteiger partial charge in [0.2, 0.25) is 11.9 Å². The van der Waals surface area contributed by atoms with Gasteiger partial charge in [-0.2, -0.15) is 15.2 Å². The van der Waals surface area contributed by atoms with E-state index in [1.807, 2.05) is 0 Å². The van der Waals surface area contributed by atoms with Crippen LogP contribution in [-0.2, 0) is 11.8 Å². The van der Waals surface area contributed by atoms with Gasteiger partial charge in [0.15, 0.2) is 0 Å². The zero-order valence-corrected chi connectivity index (χ0v) is 16.4. The molecule has 4 N–H and O–H groups in total. The number of amides is 1. The third-order valence-electron chi connectivity index (χ3n) is 4.23. The first kappa shape index (κ1) is 19.8. The van der Waals surface area contributed by atoms with Crippen molar-refractivity contribution >= 4 is 34.7 Å². The first-order chi connectivity index (χ1) is 15.0. The van der Waals surface area contributed by atoms with Crippen molar-refractivity contribution in [3.63, 3.8) is 0 Å². The van der Waals surface area contributed by atoms with Gasteiger partial charge in [0.05, 0.1) is 23.8 Å². The lowest BCUT2D eigenvalue weighted by atomic mass is 10.1. The second-order valence-corrected chi connectivity index (χ2v) is 6.48. The summed E-state index contributed by atoms with van der Waals surface area (Å²) in [5, 5.41) is 19.4. The predicted molar refractivity (Wildman–Crippen MR) is 115 cm³/mol. The third-order valence-corrected chi connectivity index (χ3v) is 4.23. The molecule has 11 heteroatoms. The Morgan fingerprint density at radius 3 is 2.81 bits per heavy atom. The first-order valence-electron chi connectivity index (χ1n) is 9.13. The normalized spacial score (nSPS) is 10.5. The van der Waals surface area contributed by atoms with Gasteiger partial charge >= 0.3 is 0 Å². The standard InChI is InChI=1S/C20H18FN9O/c1-3-18(31)26-13-4-5-16(21)17(6-13)28-19-15(12-7-23-24-8-12)10-22-20(29-19)27-14-9-25-30(2)11-14/h3-11H,1H2,2H3,(H,23,24)(H,26,31)(H2,22,27,28,29). The number of aryl methyl sites for hydroxylation is 1. The van der Waals surface area contributed by atoms with Crippen LogP contribution in [0.1, 0.15) is 0 Å². The molecule has 1 amide bonds. The molecule has 3 aromatic heterocycles. The van der Waals surface area contributed by atoms with E-state index in [1.54, 1.807) is 42.7 Å². The van der Waals surface area contributed by atoms with Gasteiger partial charge in [-0.15, -0.1) is 0 Å². The summed E-state index contributed by atoms with van der Waals surface area (Å²) in [6.45, 7) is 3.41. The number of nitrogens with one attached hydrogen (secondary N) is 4. The zero-order chi connectivity index (χ0) is 21.8. The lowest BCUT2D eigenvalue weighted by Gasteiger charge is -2.13. The summed E-state index contributed by atoms with van der Waals surface area (Å²) < 4.78 is 16.2. The molecule has 0 unspecified atom stereocenters. The average molecular weight is 419 g/mol. The Hall–Kier alpha value is -4.54. The van der Waals surface area contributed by atoms with Crippen LogP contribution in [0.25, 0.3) is 11.1 Å². The van der Waals surface area contributed by atoms with Gasteiger partial charge in [-0.25, -0.2) is 9.37 Å². The second-order valence-electron chi connectivity index (χ2n) is 6.48. The van der Waals surface area contributed by atoms with Crippen LogP contribution in [0, 0.1) is 5.82 Å². The van der Waals surface area contributed by atoms with Crippen molar-refractivity contribution in [1.29, 1.82) is 0 Å². The highest BCUT2D eigenvalue weighted by Crippen LogP contribution is 2.31. The molecule has 0 aliphatic heterocycles. The molecule has 0 saturated carbocycles. The number of anilines is 5. The molecule has 0 aliphatic rings. The lowest BCUT2D eigenvalue weighted by Crippen LogP contribution is -2.08. The van der Waals surface area contributed by atoms with Gasteiger partial charge in [-0.3, -0.25) is 14.6 Å². The zero-order valence-electron chi connectivity index (χ0n) is 16.4. The molecule has 3 heterocycles. The maximum Gasteiger partial charge on any atom is 0.247 e. The number of aromatic amines is 1. The fourth-order valence-corrected chi connectivity index (χ4v) is 2.78. The molecule has 156 valence electrons. The molecular weight excluding hydrogens is 401 g/mol. The van der Waals surface area contributed by atoms with E-state index in [0.29, 0.717) is 34.3 Å². The molecule has 4 aromatic rings. The largest absolute Gasteiger partial charge is 0.337 e. The maximum absolute atomic E-state index is 14.5. The number of hydrogen-bond donors (Lipinski definition) is 4. The maximum atomic E-state index is 14.5. The number of hydrogen-bond acceptors (Lipinski definition) is 7. The van der Waals surface area contributed by atoms with E-state index < -0.39 is 11.7 Å². The van der Waals surface area contributed by atoms with Gasteiger partial charge in [-0.05, 0) is 24.3 Å². The monoisotopic (exact) mass is 419 g/mol. The van der Waals surface area contributed by atoms with Crippen molar-refractivity contribution in [1.82, 2.24) is 29.9 Å². The van der Waals surface area contributed by atoms with Gasteiger partial charge < -0.3 is 16.0 Å². The molecule has 0 aliphatic carbocycles. The van der Waals surface area contributed by atoms with Crippen molar-refractivity contribution in [2.75, 3.05) is 16.0 Å². The number of aromatic nitrogens is 6. The number of rotatable bonds is 7. The highest BCUT2D eigenvalue weighted by Gasteiger charge is 2.14. The van der Waals surface area contributed by atoms with Crippen LogP contribution < -0.4 is 16.0 Å². The molecule has 0 atom stereocenters. The molecule has 4 rings (SSSR count). The van der Waals surface area contributed by atoms with Crippen LogP contribution in [0.2, 0.25) is 0 Å². The van der Waals surface area contributed by atoms with Gasteiger partial charge in [0.1, 0.15) is 11.6 Å². The minimum atomic E-state index is -0.518. The summed E-state index contributed by atoms with van der Waals surface area (Å²) >= 11 is 0. The summed E-state index contributed by atoms with van der Waals surface area (Å²) in [5.74, 6) is -0.287. The third kappa shape index (κ3) is 4.56. The van der Waals surface area contributed by atoms with E-state index in [1.165, 1.54) is 18.2 Å². The second kappa shape index (κ2) is 8.45. The van der Waals surface area contributed by atoms with E-state index >= 15 is 0 Å². The summed E-state index contributed by atoms with van der Waals surface area (Å²) in [6, 6.07) is 4.16. The van der Waals surface area contributed by atoms with Crippen LogP contribution in [0.5, 0.6) is 0 Å². The van der Waals surface area contributed by atoms with Crippen LogP contribution in [0.15, 0.2) is 61.8 Å². The van der Waals surface area contributed by atoms with Crippen LogP contribution in [0.3, 0.4) is 0 Å². The van der Waals surface area contributed by atoms with E-state index in [9.17, 15) is 9.18 Å². The molecule has 0 fully saturated rings. The van der Waals surface area contributed by atoms with Gasteiger partial charge in [0.25, 0.3) is 0 Å². The number of nitrogens with zero attached hydrogens (tertiary/aromatic N) is 5. The van der Waals surface area contributed by atoms with E-state index in [0.717, 1.165) is 6.08 Å². The minimum absolute atomic E-state index is 0.123. The van der Waals surface area contributed by atoms with Crippen LogP contribution >= 0.6 is 0 Å². The number of halogens is 1. The number of carbonyl (C=O) groups excluding carboxylic acids is 1. The predicted octanol–water partition coefficient (Wildman–Crippen LogP) is 3.35. The molecule has 0 saturated heterocycles. The van der Waals surface area contributed by atoms with E-state index in [2.05, 4.69) is 47.8 Å². The van der Waals surface area contributed by atoms with Crippen molar-refractivity contribution in [2.24, 2.45) is 7.05 Å². The summed E-state index contributed by atoms with van der Waals surface area (Å²) in [5.41, 5.74) is 2.54. The SMILES string of the molecule is C=CC(=O)Nc1ccc(F)c(Nc2nc(Nc3cnn(C)c3)ncc2-c2cn[nH]c2)c1. The lowest BCUT2D eigenvalue weighted by molar-refractivity contribution is -0.111. The minimum Gasteiger partial charge on any atom is -0.337 e. The number of H-pyrrole nitrogens is 1. The highest BCUT2D eigenvalue weighted by molar-refractivity contribution is 5.99. The Morgan fingerprint density at radius 1 is 1.23 bits per heavy atom. The fourth-order valence-electron chi connectivity index (χ4n) is 2.78. The van der Waals surface area contributed by atoms with Crippen LogP contribution in [-0.4, -0.2) is 35.9 Å². The summed E-state index contributed by atoms with van der Waals surface area (Å²) in [6.07, 6.45) is 9.41. The topological polar surface area (TPSA) is 125 Å². The Balaban J connectivity index is 1.70. The molecule has 0 spiro atoms. The van der Waals surface area contributed by atoms with Crippen molar-refractivity contribution in [3.05, 3.63) is 67.7 Å². The molecule has 1 aromatic carbocycles. The average Bonchev–Trinajstić information content (AvgIpc) is 3.43. The molecule has 31 heavy (non-hydrogen) atoms. The molecule has 10 nitrogen and oxygen atoms in total. The first-order valence-corrected chi connectivity index (χ1v) is 9.13. The number of carbonyl (C=O) groups is 1. The Bertz CT molecular complexity index is 1230. The Morgan fingerprint density at radius 2 is 2.10 bits per heavy atom. The quantitative estimate of drug-likeness (QED) is 0.339. The highest BCUT2D eigenvalue weighted by atomic mass is 19.1. The van der Waals surface area contributed by atoms with Gasteiger partial charge in [0, 0.05) is 42.5 Å². The fraction of sp³-hybridized carbons (Fsp3) is 0.0500. The van der Waals surface area contributed by atoms with E-state index in [4.69, 9.17) is 0 Å². The molecule has 0 bridgehead atoms. The van der Waals surface area contributed by atoms with Crippen molar-refractivity contribution in [3.8, 4) is 11.1 Å². The molecular formula is C20H18FN9O.